The van der Waals surface area contributed by atoms with Gasteiger partial charge in [-0.2, -0.15) is 0 Å². The Morgan fingerprint density at radius 3 is 3.11 bits per heavy atom. The van der Waals surface area contributed by atoms with E-state index < -0.39 is 6.10 Å². The maximum Gasteiger partial charge on any atom is 0.250 e. The molecule has 2 heterocycles. The Balaban J connectivity index is 1.55. The van der Waals surface area contributed by atoms with E-state index >= 15 is 0 Å². The van der Waals surface area contributed by atoms with Crippen LogP contribution in [0, 0.1) is 0 Å². The van der Waals surface area contributed by atoms with Crippen LogP contribution in [0.15, 0.2) is 18.2 Å². The van der Waals surface area contributed by atoms with Crippen molar-refractivity contribution >= 4 is 5.91 Å². The van der Waals surface area contributed by atoms with Crippen molar-refractivity contribution in [3.8, 4) is 11.5 Å². The molecule has 19 heavy (non-hydrogen) atoms. The lowest BCUT2D eigenvalue weighted by Crippen LogP contribution is -2.47. The Morgan fingerprint density at radius 2 is 2.26 bits per heavy atom. The van der Waals surface area contributed by atoms with E-state index in [1.807, 2.05) is 18.2 Å². The molecule has 1 amide bonds. The van der Waals surface area contributed by atoms with Gasteiger partial charge in [0, 0.05) is 19.6 Å². The van der Waals surface area contributed by atoms with E-state index in [4.69, 9.17) is 14.2 Å². The fourth-order valence-corrected chi connectivity index (χ4v) is 2.09. The molecule has 0 radical (unpaired) electrons. The summed E-state index contributed by atoms with van der Waals surface area (Å²) in [6, 6.07) is 5.64. The SMILES string of the molecule is O=C(NCc1ccc2c(c1)OCO2)C1CNCCO1. The molecule has 6 nitrogen and oxygen atoms in total. The molecule has 2 aliphatic rings. The van der Waals surface area contributed by atoms with Crippen LogP contribution in [0.2, 0.25) is 0 Å². The molecule has 1 fully saturated rings. The Bertz CT molecular complexity index is 472. The number of rotatable bonds is 3. The maximum absolute atomic E-state index is 11.9. The Hall–Kier alpha value is -1.79. The first-order chi connectivity index (χ1) is 9.33. The summed E-state index contributed by atoms with van der Waals surface area (Å²) in [7, 11) is 0. The minimum atomic E-state index is -0.400. The molecule has 1 atom stereocenters. The van der Waals surface area contributed by atoms with Gasteiger partial charge in [0.25, 0.3) is 5.91 Å². The van der Waals surface area contributed by atoms with Gasteiger partial charge in [0.15, 0.2) is 11.5 Å². The van der Waals surface area contributed by atoms with Crippen LogP contribution in [-0.4, -0.2) is 38.5 Å². The molecule has 3 rings (SSSR count). The average Bonchev–Trinajstić information content (AvgIpc) is 2.93. The third kappa shape index (κ3) is 2.80. The first kappa shape index (κ1) is 12.3. The normalized spacial score (nSPS) is 21.2. The van der Waals surface area contributed by atoms with Gasteiger partial charge in [0.2, 0.25) is 6.79 Å². The summed E-state index contributed by atoms with van der Waals surface area (Å²) in [5.74, 6) is 1.38. The smallest absolute Gasteiger partial charge is 0.250 e. The molecular formula is C13H16N2O4. The predicted molar refractivity (Wildman–Crippen MR) is 67.0 cm³/mol. The number of carbonyl (C=O) groups is 1. The molecule has 0 aliphatic carbocycles. The summed E-state index contributed by atoms with van der Waals surface area (Å²) in [4.78, 5) is 11.9. The number of hydrogen-bond donors (Lipinski definition) is 2. The van der Waals surface area contributed by atoms with E-state index in [0.717, 1.165) is 23.6 Å². The number of fused-ring (bicyclic) bond motifs is 1. The molecule has 0 saturated carbocycles. The molecule has 6 heteroatoms. The van der Waals surface area contributed by atoms with Gasteiger partial charge in [0.05, 0.1) is 6.61 Å². The zero-order valence-corrected chi connectivity index (χ0v) is 10.5. The van der Waals surface area contributed by atoms with Gasteiger partial charge < -0.3 is 24.8 Å². The zero-order valence-electron chi connectivity index (χ0n) is 10.5. The second kappa shape index (κ2) is 5.46. The quantitative estimate of drug-likeness (QED) is 0.805. The van der Waals surface area contributed by atoms with Gasteiger partial charge in [-0.1, -0.05) is 6.07 Å². The van der Waals surface area contributed by atoms with Crippen LogP contribution in [0.5, 0.6) is 11.5 Å². The van der Waals surface area contributed by atoms with Crippen molar-refractivity contribution in [2.24, 2.45) is 0 Å². The molecular weight excluding hydrogens is 248 g/mol. The molecule has 0 spiro atoms. The highest BCUT2D eigenvalue weighted by Crippen LogP contribution is 2.32. The third-order valence-electron chi connectivity index (χ3n) is 3.12. The van der Waals surface area contributed by atoms with E-state index in [0.29, 0.717) is 19.7 Å². The largest absolute Gasteiger partial charge is 0.454 e. The molecule has 1 aromatic carbocycles. The van der Waals surface area contributed by atoms with Crippen LogP contribution in [0.4, 0.5) is 0 Å². The molecule has 2 N–H and O–H groups in total. The van der Waals surface area contributed by atoms with Crippen LogP contribution in [-0.2, 0) is 16.1 Å². The number of amides is 1. The summed E-state index contributed by atoms with van der Waals surface area (Å²) < 4.78 is 15.9. The summed E-state index contributed by atoms with van der Waals surface area (Å²) in [6.07, 6.45) is -0.400. The van der Waals surface area contributed by atoms with Gasteiger partial charge in [-0.3, -0.25) is 4.79 Å². The summed E-state index contributed by atoms with van der Waals surface area (Å²) in [5, 5.41) is 5.99. The molecule has 0 aromatic heterocycles. The van der Waals surface area contributed by atoms with Crippen LogP contribution < -0.4 is 20.1 Å². The van der Waals surface area contributed by atoms with Crippen molar-refractivity contribution in [2.45, 2.75) is 12.6 Å². The van der Waals surface area contributed by atoms with E-state index in [1.54, 1.807) is 0 Å². The molecule has 1 saturated heterocycles. The van der Waals surface area contributed by atoms with Crippen LogP contribution in [0.1, 0.15) is 5.56 Å². The standard InChI is InChI=1S/C13H16N2O4/c16-13(12-7-14-3-4-17-12)15-6-9-1-2-10-11(5-9)19-8-18-10/h1-2,5,12,14H,3-4,6-8H2,(H,15,16). The molecule has 2 aliphatic heterocycles. The Labute approximate surface area is 111 Å². The van der Waals surface area contributed by atoms with Gasteiger partial charge in [-0.15, -0.1) is 0 Å². The molecule has 1 aromatic rings. The Kier molecular flexibility index (Phi) is 3.52. The summed E-state index contributed by atoms with van der Waals surface area (Å²) >= 11 is 0. The first-order valence-electron chi connectivity index (χ1n) is 6.31. The monoisotopic (exact) mass is 264 g/mol. The van der Waals surface area contributed by atoms with Gasteiger partial charge in [-0.25, -0.2) is 0 Å². The topological polar surface area (TPSA) is 68.8 Å². The van der Waals surface area contributed by atoms with Crippen molar-refractivity contribution in [1.29, 1.82) is 0 Å². The summed E-state index contributed by atoms with van der Waals surface area (Å²) in [5.41, 5.74) is 0.973. The highest BCUT2D eigenvalue weighted by Gasteiger charge is 2.21. The van der Waals surface area contributed by atoms with Crippen LogP contribution in [0.25, 0.3) is 0 Å². The highest BCUT2D eigenvalue weighted by atomic mass is 16.7. The predicted octanol–water partition coefficient (Wildman–Crippen LogP) is 0.0199. The van der Waals surface area contributed by atoms with E-state index in [9.17, 15) is 4.79 Å². The highest BCUT2D eigenvalue weighted by molar-refractivity contribution is 5.81. The van der Waals surface area contributed by atoms with Crippen LogP contribution in [0.3, 0.4) is 0 Å². The van der Waals surface area contributed by atoms with Crippen LogP contribution >= 0.6 is 0 Å². The fraction of sp³-hybridized carbons (Fsp3) is 0.462. The van der Waals surface area contributed by atoms with Crippen molar-refractivity contribution in [2.75, 3.05) is 26.5 Å². The van der Waals surface area contributed by atoms with E-state index in [-0.39, 0.29) is 12.7 Å². The molecule has 102 valence electrons. The number of nitrogens with one attached hydrogen (secondary N) is 2. The Morgan fingerprint density at radius 1 is 1.37 bits per heavy atom. The number of benzene rings is 1. The number of hydrogen-bond acceptors (Lipinski definition) is 5. The minimum absolute atomic E-state index is 0.0927. The first-order valence-corrected chi connectivity index (χ1v) is 6.31. The third-order valence-corrected chi connectivity index (χ3v) is 3.12. The van der Waals surface area contributed by atoms with Gasteiger partial charge in [0.1, 0.15) is 6.10 Å². The maximum atomic E-state index is 11.9. The van der Waals surface area contributed by atoms with Crippen molar-refractivity contribution in [3.63, 3.8) is 0 Å². The van der Waals surface area contributed by atoms with Gasteiger partial charge >= 0.3 is 0 Å². The molecule has 1 unspecified atom stereocenters. The lowest BCUT2D eigenvalue weighted by atomic mass is 10.2. The van der Waals surface area contributed by atoms with E-state index in [2.05, 4.69) is 10.6 Å². The lowest BCUT2D eigenvalue weighted by molar-refractivity contribution is -0.134. The average molecular weight is 264 g/mol. The number of morpholine rings is 1. The number of ether oxygens (including phenoxy) is 3. The summed E-state index contributed by atoms with van der Waals surface area (Å²) in [6.45, 7) is 2.64. The van der Waals surface area contributed by atoms with E-state index in [1.165, 1.54) is 0 Å². The van der Waals surface area contributed by atoms with Gasteiger partial charge in [-0.05, 0) is 17.7 Å². The van der Waals surface area contributed by atoms with Crippen molar-refractivity contribution < 1.29 is 19.0 Å². The zero-order chi connectivity index (χ0) is 13.1. The second-order valence-corrected chi connectivity index (χ2v) is 4.47. The van der Waals surface area contributed by atoms with Crippen molar-refractivity contribution in [3.05, 3.63) is 23.8 Å². The second-order valence-electron chi connectivity index (χ2n) is 4.47. The lowest BCUT2D eigenvalue weighted by Gasteiger charge is -2.22. The van der Waals surface area contributed by atoms with Crippen molar-refractivity contribution in [1.82, 2.24) is 10.6 Å². The minimum Gasteiger partial charge on any atom is -0.454 e. The molecule has 0 bridgehead atoms. The number of carbonyl (C=O) groups excluding carboxylic acids is 1. The fourth-order valence-electron chi connectivity index (χ4n) is 2.09.